The van der Waals surface area contributed by atoms with Crippen molar-refractivity contribution in [2.24, 2.45) is 0 Å². The van der Waals surface area contributed by atoms with E-state index in [1.165, 1.54) is 18.2 Å². The Labute approximate surface area is 114 Å². The molecular formula is C14H9ClN2O2. The molecule has 0 aromatic heterocycles. The van der Waals surface area contributed by atoms with Crippen molar-refractivity contribution in [2.75, 3.05) is 5.32 Å². The molecule has 2 N–H and O–H groups in total. The van der Waals surface area contributed by atoms with Crippen LogP contribution in [0.15, 0.2) is 42.5 Å². The second-order valence-corrected chi connectivity index (χ2v) is 4.22. The van der Waals surface area contributed by atoms with E-state index >= 15 is 0 Å². The van der Waals surface area contributed by atoms with Crippen LogP contribution in [0.1, 0.15) is 15.9 Å². The highest BCUT2D eigenvalue weighted by molar-refractivity contribution is 6.33. The molecule has 94 valence electrons. The van der Waals surface area contributed by atoms with Gasteiger partial charge in [0.15, 0.2) is 0 Å². The summed E-state index contributed by atoms with van der Waals surface area (Å²) in [6.07, 6.45) is 0. The summed E-state index contributed by atoms with van der Waals surface area (Å²) in [5, 5.41) is 21.2. The Morgan fingerprint density at radius 1 is 1.26 bits per heavy atom. The molecular weight excluding hydrogens is 264 g/mol. The topological polar surface area (TPSA) is 73.1 Å². The molecule has 2 rings (SSSR count). The SMILES string of the molecule is N#Cc1cccc(Nc2cc(C(=O)O)ccc2Cl)c1. The molecule has 0 saturated heterocycles. The quantitative estimate of drug-likeness (QED) is 0.894. The van der Waals surface area contributed by atoms with Crippen molar-refractivity contribution in [2.45, 2.75) is 0 Å². The Balaban J connectivity index is 2.34. The molecule has 0 spiro atoms. The molecule has 0 aliphatic rings. The van der Waals surface area contributed by atoms with E-state index in [1.807, 2.05) is 6.07 Å². The fourth-order valence-electron chi connectivity index (χ4n) is 1.58. The largest absolute Gasteiger partial charge is 0.478 e. The first-order valence-corrected chi connectivity index (χ1v) is 5.78. The number of halogens is 1. The maximum atomic E-state index is 10.9. The van der Waals surface area contributed by atoms with Gasteiger partial charge in [0.2, 0.25) is 0 Å². The van der Waals surface area contributed by atoms with Crippen LogP contribution in [0.2, 0.25) is 5.02 Å². The average molecular weight is 273 g/mol. The summed E-state index contributed by atoms with van der Waals surface area (Å²) in [5.41, 5.74) is 1.80. The van der Waals surface area contributed by atoms with Gasteiger partial charge in [-0.05, 0) is 36.4 Å². The van der Waals surface area contributed by atoms with Crippen LogP contribution in [-0.4, -0.2) is 11.1 Å². The summed E-state index contributed by atoms with van der Waals surface area (Å²) in [6.45, 7) is 0. The number of carboxylic acid groups (broad SMARTS) is 1. The lowest BCUT2D eigenvalue weighted by Crippen LogP contribution is -1.98. The maximum Gasteiger partial charge on any atom is 0.335 e. The Morgan fingerprint density at radius 2 is 2.05 bits per heavy atom. The van der Waals surface area contributed by atoms with E-state index in [2.05, 4.69) is 5.32 Å². The molecule has 0 unspecified atom stereocenters. The van der Waals surface area contributed by atoms with Crippen molar-refractivity contribution in [3.63, 3.8) is 0 Å². The van der Waals surface area contributed by atoms with Gasteiger partial charge in [0.25, 0.3) is 0 Å². The van der Waals surface area contributed by atoms with Crippen molar-refractivity contribution >= 4 is 28.9 Å². The van der Waals surface area contributed by atoms with Gasteiger partial charge in [-0.2, -0.15) is 5.26 Å². The molecule has 0 bridgehead atoms. The summed E-state index contributed by atoms with van der Waals surface area (Å²) in [7, 11) is 0. The van der Waals surface area contributed by atoms with Crippen molar-refractivity contribution in [1.29, 1.82) is 5.26 Å². The van der Waals surface area contributed by atoms with Crippen LogP contribution in [0.3, 0.4) is 0 Å². The summed E-state index contributed by atoms with van der Waals surface area (Å²) < 4.78 is 0. The van der Waals surface area contributed by atoms with E-state index in [-0.39, 0.29) is 5.56 Å². The first-order chi connectivity index (χ1) is 9.10. The zero-order chi connectivity index (χ0) is 13.8. The van der Waals surface area contributed by atoms with E-state index < -0.39 is 5.97 Å². The van der Waals surface area contributed by atoms with E-state index in [9.17, 15) is 4.79 Å². The van der Waals surface area contributed by atoms with Gasteiger partial charge in [-0.25, -0.2) is 4.79 Å². The highest BCUT2D eigenvalue weighted by atomic mass is 35.5. The van der Waals surface area contributed by atoms with Gasteiger partial charge in [0.1, 0.15) is 0 Å². The minimum atomic E-state index is -1.02. The summed E-state index contributed by atoms with van der Waals surface area (Å²) >= 11 is 6.00. The van der Waals surface area contributed by atoms with E-state index in [1.54, 1.807) is 24.3 Å². The lowest BCUT2D eigenvalue weighted by atomic mass is 10.1. The molecule has 0 amide bonds. The molecule has 0 saturated carbocycles. The zero-order valence-corrected chi connectivity index (χ0v) is 10.5. The molecule has 0 heterocycles. The lowest BCUT2D eigenvalue weighted by molar-refractivity contribution is 0.0697. The number of aromatic carboxylic acids is 1. The van der Waals surface area contributed by atoms with Crippen molar-refractivity contribution in [3.05, 3.63) is 58.6 Å². The van der Waals surface area contributed by atoms with Crippen molar-refractivity contribution in [3.8, 4) is 6.07 Å². The van der Waals surface area contributed by atoms with Crippen LogP contribution in [-0.2, 0) is 0 Å². The second-order valence-electron chi connectivity index (χ2n) is 3.82. The van der Waals surface area contributed by atoms with Gasteiger partial charge in [0, 0.05) is 5.69 Å². The van der Waals surface area contributed by atoms with E-state index in [0.29, 0.717) is 22.0 Å². The minimum absolute atomic E-state index is 0.142. The van der Waals surface area contributed by atoms with Crippen LogP contribution < -0.4 is 5.32 Å². The molecule has 5 heteroatoms. The van der Waals surface area contributed by atoms with Gasteiger partial charge in [0.05, 0.1) is 27.9 Å². The third-order valence-electron chi connectivity index (χ3n) is 2.48. The summed E-state index contributed by atoms with van der Waals surface area (Å²) in [6, 6.07) is 13.3. The molecule has 19 heavy (non-hydrogen) atoms. The Kier molecular flexibility index (Phi) is 3.69. The maximum absolute atomic E-state index is 10.9. The van der Waals surface area contributed by atoms with Gasteiger partial charge in [-0.3, -0.25) is 0 Å². The molecule has 0 aliphatic carbocycles. The van der Waals surface area contributed by atoms with Crippen LogP contribution in [0, 0.1) is 11.3 Å². The smallest absolute Gasteiger partial charge is 0.335 e. The van der Waals surface area contributed by atoms with Gasteiger partial charge in [-0.1, -0.05) is 17.7 Å². The fourth-order valence-corrected chi connectivity index (χ4v) is 1.74. The Morgan fingerprint density at radius 3 is 2.74 bits per heavy atom. The standard InChI is InChI=1S/C14H9ClN2O2/c15-12-5-4-10(14(18)19)7-13(12)17-11-3-1-2-9(6-11)8-16/h1-7,17H,(H,18,19). The van der Waals surface area contributed by atoms with Crippen LogP contribution in [0.25, 0.3) is 0 Å². The fraction of sp³-hybridized carbons (Fsp3) is 0. The van der Waals surface area contributed by atoms with Crippen molar-refractivity contribution in [1.82, 2.24) is 0 Å². The Bertz CT molecular complexity index is 677. The number of carboxylic acids is 1. The van der Waals surface area contributed by atoms with E-state index in [4.69, 9.17) is 22.0 Å². The second kappa shape index (κ2) is 5.42. The summed E-state index contributed by atoms with van der Waals surface area (Å²) in [4.78, 5) is 10.9. The zero-order valence-electron chi connectivity index (χ0n) is 9.72. The molecule has 0 fully saturated rings. The number of hydrogen-bond acceptors (Lipinski definition) is 3. The number of anilines is 2. The number of nitrogens with zero attached hydrogens (tertiary/aromatic N) is 1. The first-order valence-electron chi connectivity index (χ1n) is 5.40. The van der Waals surface area contributed by atoms with Crippen LogP contribution in [0.4, 0.5) is 11.4 Å². The molecule has 2 aromatic rings. The predicted molar refractivity (Wildman–Crippen MR) is 72.9 cm³/mol. The number of hydrogen-bond donors (Lipinski definition) is 2. The van der Waals surface area contributed by atoms with Crippen LogP contribution >= 0.6 is 11.6 Å². The minimum Gasteiger partial charge on any atom is -0.478 e. The number of benzene rings is 2. The van der Waals surface area contributed by atoms with Crippen molar-refractivity contribution < 1.29 is 9.90 Å². The molecule has 4 nitrogen and oxygen atoms in total. The monoisotopic (exact) mass is 272 g/mol. The highest BCUT2D eigenvalue weighted by Gasteiger charge is 2.07. The van der Waals surface area contributed by atoms with Gasteiger partial charge >= 0.3 is 5.97 Å². The van der Waals surface area contributed by atoms with Gasteiger partial charge in [-0.15, -0.1) is 0 Å². The average Bonchev–Trinajstić information content (AvgIpc) is 2.41. The number of carbonyl (C=O) groups is 1. The van der Waals surface area contributed by atoms with Gasteiger partial charge < -0.3 is 10.4 Å². The Hall–Kier alpha value is -2.51. The molecule has 2 aromatic carbocycles. The number of rotatable bonds is 3. The third-order valence-corrected chi connectivity index (χ3v) is 2.81. The molecule has 0 aliphatic heterocycles. The van der Waals surface area contributed by atoms with Crippen LogP contribution in [0.5, 0.6) is 0 Å². The molecule has 0 radical (unpaired) electrons. The summed E-state index contributed by atoms with van der Waals surface area (Å²) in [5.74, 6) is -1.02. The highest BCUT2D eigenvalue weighted by Crippen LogP contribution is 2.27. The first kappa shape index (κ1) is 12.9. The number of nitriles is 1. The number of nitrogens with one attached hydrogen (secondary N) is 1. The normalized spacial score (nSPS) is 9.68. The molecule has 0 atom stereocenters. The lowest BCUT2D eigenvalue weighted by Gasteiger charge is -2.09. The predicted octanol–water partition coefficient (Wildman–Crippen LogP) is 3.65. The third kappa shape index (κ3) is 3.03. The van der Waals surface area contributed by atoms with E-state index in [0.717, 1.165) is 0 Å².